The van der Waals surface area contributed by atoms with Crippen molar-refractivity contribution >= 4 is 27.5 Å². The molecule has 0 aliphatic carbocycles. The molecule has 7 nitrogen and oxygen atoms in total. The average molecular weight is 465 g/mol. The first-order valence-electron chi connectivity index (χ1n) is 10.4. The van der Waals surface area contributed by atoms with Gasteiger partial charge in [-0.05, 0) is 48.7 Å². The molecule has 2 heterocycles. The van der Waals surface area contributed by atoms with Gasteiger partial charge in [-0.2, -0.15) is 4.31 Å². The normalized spacial score (nSPS) is 17.1. The number of hydrogen-bond acceptors (Lipinski definition) is 5. The van der Waals surface area contributed by atoms with E-state index < -0.39 is 10.0 Å². The lowest BCUT2D eigenvalue weighted by Crippen LogP contribution is -2.35. The number of amides is 1. The van der Waals surface area contributed by atoms with Crippen LogP contribution in [0.1, 0.15) is 41.6 Å². The molecule has 1 N–H and O–H groups in total. The van der Waals surface area contributed by atoms with Gasteiger partial charge in [-0.15, -0.1) is 0 Å². The number of halogens is 1. The van der Waals surface area contributed by atoms with Gasteiger partial charge < -0.3 is 14.8 Å². The van der Waals surface area contributed by atoms with Crippen LogP contribution in [0.5, 0.6) is 11.5 Å². The first-order chi connectivity index (χ1) is 14.9. The summed E-state index contributed by atoms with van der Waals surface area (Å²) in [5.74, 6) is 0.715. The Morgan fingerprint density at radius 1 is 1.03 bits per heavy atom. The fourth-order valence-electron chi connectivity index (χ4n) is 3.72. The number of fused-ring (bicyclic) bond motifs is 1. The second-order valence-corrected chi connectivity index (χ2v) is 9.98. The van der Waals surface area contributed by atoms with E-state index in [-0.39, 0.29) is 17.3 Å². The lowest BCUT2D eigenvalue weighted by atomic mass is 10.1. The Morgan fingerprint density at radius 3 is 2.61 bits per heavy atom. The molecule has 0 aromatic heterocycles. The quantitative estimate of drug-likeness (QED) is 0.730. The first kappa shape index (κ1) is 21.9. The van der Waals surface area contributed by atoms with E-state index in [0.29, 0.717) is 48.4 Å². The molecule has 2 aromatic carbocycles. The minimum Gasteiger partial charge on any atom is -0.489 e. The van der Waals surface area contributed by atoms with Crippen LogP contribution >= 0.6 is 11.6 Å². The van der Waals surface area contributed by atoms with Gasteiger partial charge in [0.1, 0.15) is 0 Å². The van der Waals surface area contributed by atoms with Crippen molar-refractivity contribution in [3.63, 3.8) is 0 Å². The Kier molecular flexibility index (Phi) is 6.69. The van der Waals surface area contributed by atoms with Gasteiger partial charge in [0.05, 0.1) is 23.1 Å². The summed E-state index contributed by atoms with van der Waals surface area (Å²) in [7, 11) is -3.60. The second kappa shape index (κ2) is 9.46. The van der Waals surface area contributed by atoms with Crippen LogP contribution in [-0.4, -0.2) is 44.9 Å². The number of carbonyl (C=O) groups excluding carboxylic acids is 1. The third-order valence-electron chi connectivity index (χ3n) is 5.36. The third-order valence-corrected chi connectivity index (χ3v) is 7.54. The number of carbonyl (C=O) groups is 1. The smallest absolute Gasteiger partial charge is 0.251 e. The maximum absolute atomic E-state index is 12.9. The Bertz CT molecular complexity index is 1070. The van der Waals surface area contributed by atoms with Crippen molar-refractivity contribution in [1.29, 1.82) is 0 Å². The van der Waals surface area contributed by atoms with Gasteiger partial charge in [0.25, 0.3) is 5.91 Å². The summed E-state index contributed by atoms with van der Waals surface area (Å²) in [6.45, 7) is 2.34. The predicted octanol–water partition coefficient (Wildman–Crippen LogP) is 3.61. The molecule has 0 radical (unpaired) electrons. The zero-order valence-corrected chi connectivity index (χ0v) is 18.7. The Hall–Kier alpha value is -2.29. The number of hydrogen-bond donors (Lipinski definition) is 1. The van der Waals surface area contributed by atoms with Gasteiger partial charge in [0, 0.05) is 31.6 Å². The number of piperidine rings is 1. The highest BCUT2D eigenvalue weighted by Crippen LogP contribution is 2.38. The van der Waals surface area contributed by atoms with Gasteiger partial charge in [0.2, 0.25) is 10.0 Å². The van der Waals surface area contributed by atoms with E-state index in [1.807, 2.05) is 0 Å². The summed E-state index contributed by atoms with van der Waals surface area (Å²) in [6, 6.07) is 9.68. The molecule has 2 aromatic rings. The maximum atomic E-state index is 12.9. The fraction of sp³-hybridized carbons (Fsp3) is 0.409. The standard InChI is InChI=1S/C22H25ClN2O5S/c23-19-12-16(13-20-21(19)30-11-5-10-29-20)15-24-22(26)17-6-4-7-18(14-17)31(27,28)25-8-2-1-3-9-25/h4,6-7,12-14H,1-3,5,8-11,15H2,(H,24,26). The van der Waals surface area contributed by atoms with Crippen molar-refractivity contribution in [2.24, 2.45) is 0 Å². The first-order valence-corrected chi connectivity index (χ1v) is 12.2. The van der Waals surface area contributed by atoms with Gasteiger partial charge in [-0.3, -0.25) is 4.79 Å². The Morgan fingerprint density at radius 2 is 1.81 bits per heavy atom. The monoisotopic (exact) mass is 464 g/mol. The topological polar surface area (TPSA) is 84.9 Å². The molecule has 2 aliphatic rings. The van der Waals surface area contributed by atoms with Crippen LogP contribution in [0.25, 0.3) is 0 Å². The molecule has 31 heavy (non-hydrogen) atoms. The fourth-order valence-corrected chi connectivity index (χ4v) is 5.57. The van der Waals surface area contributed by atoms with Crippen molar-refractivity contribution in [3.8, 4) is 11.5 Å². The van der Waals surface area contributed by atoms with Crippen LogP contribution in [0.15, 0.2) is 41.3 Å². The van der Waals surface area contributed by atoms with Gasteiger partial charge in [-0.25, -0.2) is 8.42 Å². The number of nitrogens with zero attached hydrogens (tertiary/aromatic N) is 1. The minimum atomic E-state index is -3.60. The summed E-state index contributed by atoms with van der Waals surface area (Å²) < 4.78 is 38.6. The van der Waals surface area contributed by atoms with E-state index in [4.69, 9.17) is 21.1 Å². The highest BCUT2D eigenvalue weighted by molar-refractivity contribution is 7.89. The number of ether oxygens (including phenoxy) is 2. The van der Waals surface area contributed by atoms with Crippen molar-refractivity contribution in [2.75, 3.05) is 26.3 Å². The van der Waals surface area contributed by atoms with E-state index in [0.717, 1.165) is 31.2 Å². The lowest BCUT2D eigenvalue weighted by Gasteiger charge is -2.26. The summed E-state index contributed by atoms with van der Waals surface area (Å²) >= 11 is 6.31. The number of sulfonamides is 1. The van der Waals surface area contributed by atoms with Gasteiger partial charge in [-0.1, -0.05) is 24.1 Å². The predicted molar refractivity (Wildman–Crippen MR) is 117 cm³/mol. The molecule has 1 fully saturated rings. The summed E-state index contributed by atoms with van der Waals surface area (Å²) in [5.41, 5.74) is 1.05. The van der Waals surface area contributed by atoms with E-state index in [1.54, 1.807) is 24.3 Å². The molecule has 0 saturated carbocycles. The largest absolute Gasteiger partial charge is 0.489 e. The molecule has 0 atom stereocenters. The van der Waals surface area contributed by atoms with Crippen LogP contribution in [-0.2, 0) is 16.6 Å². The van der Waals surface area contributed by atoms with E-state index in [9.17, 15) is 13.2 Å². The Labute approximate surface area is 187 Å². The third kappa shape index (κ3) is 4.97. The molecule has 4 rings (SSSR count). The van der Waals surface area contributed by atoms with Crippen LogP contribution < -0.4 is 14.8 Å². The molecular weight excluding hydrogens is 440 g/mol. The van der Waals surface area contributed by atoms with Crippen molar-refractivity contribution in [1.82, 2.24) is 9.62 Å². The molecule has 166 valence electrons. The average Bonchev–Trinajstić information content (AvgIpc) is 3.04. The molecule has 0 bridgehead atoms. The van der Waals surface area contributed by atoms with Crippen LogP contribution in [0, 0.1) is 0 Å². The molecular formula is C22H25ClN2O5S. The molecule has 0 spiro atoms. The molecule has 1 saturated heterocycles. The number of benzene rings is 2. The second-order valence-electron chi connectivity index (χ2n) is 7.63. The van der Waals surface area contributed by atoms with Crippen LogP contribution in [0.3, 0.4) is 0 Å². The molecule has 2 aliphatic heterocycles. The van der Waals surface area contributed by atoms with E-state index >= 15 is 0 Å². The van der Waals surface area contributed by atoms with E-state index in [2.05, 4.69) is 5.32 Å². The van der Waals surface area contributed by atoms with Gasteiger partial charge in [0.15, 0.2) is 11.5 Å². The summed E-state index contributed by atoms with van der Waals surface area (Å²) in [4.78, 5) is 12.8. The highest BCUT2D eigenvalue weighted by Gasteiger charge is 2.26. The molecule has 1 amide bonds. The zero-order chi connectivity index (χ0) is 21.8. The highest BCUT2D eigenvalue weighted by atomic mass is 35.5. The van der Waals surface area contributed by atoms with Crippen LogP contribution in [0.4, 0.5) is 0 Å². The summed E-state index contributed by atoms with van der Waals surface area (Å²) in [5, 5.41) is 3.25. The van der Waals surface area contributed by atoms with Crippen molar-refractivity contribution < 1.29 is 22.7 Å². The lowest BCUT2D eigenvalue weighted by molar-refractivity contribution is 0.0950. The van der Waals surface area contributed by atoms with Crippen molar-refractivity contribution in [2.45, 2.75) is 37.1 Å². The van der Waals surface area contributed by atoms with E-state index in [1.165, 1.54) is 16.4 Å². The zero-order valence-electron chi connectivity index (χ0n) is 17.1. The molecule has 9 heteroatoms. The van der Waals surface area contributed by atoms with Crippen LogP contribution in [0.2, 0.25) is 5.02 Å². The maximum Gasteiger partial charge on any atom is 0.251 e. The van der Waals surface area contributed by atoms with Crippen molar-refractivity contribution in [3.05, 3.63) is 52.5 Å². The molecule has 0 unspecified atom stereocenters. The Balaban J connectivity index is 1.47. The summed E-state index contributed by atoms with van der Waals surface area (Å²) in [6.07, 6.45) is 3.53. The minimum absolute atomic E-state index is 0.140. The SMILES string of the molecule is O=C(NCc1cc(Cl)c2c(c1)OCCCO2)c1cccc(S(=O)(=O)N2CCCCC2)c1. The number of nitrogens with one attached hydrogen (secondary N) is 1. The van der Waals surface area contributed by atoms with Gasteiger partial charge >= 0.3 is 0 Å². The number of rotatable bonds is 5.